The summed E-state index contributed by atoms with van der Waals surface area (Å²) in [5.41, 5.74) is 7.88. The van der Waals surface area contributed by atoms with E-state index in [-0.39, 0.29) is 11.9 Å². The number of aryl methyl sites for hydroxylation is 2. The number of nitrogens with one attached hydrogen (secondary N) is 1. The quantitative estimate of drug-likeness (QED) is 0.892. The van der Waals surface area contributed by atoms with Gasteiger partial charge in [0.15, 0.2) is 5.13 Å². The molecule has 1 unspecified atom stereocenters. The van der Waals surface area contributed by atoms with Gasteiger partial charge in [0.1, 0.15) is 0 Å². The Morgan fingerprint density at radius 1 is 1.63 bits per heavy atom. The van der Waals surface area contributed by atoms with Gasteiger partial charge in [-0.2, -0.15) is 5.10 Å². The molecule has 1 amide bonds. The van der Waals surface area contributed by atoms with Crippen molar-refractivity contribution in [2.24, 2.45) is 12.8 Å². The molecule has 0 aromatic carbocycles. The zero-order valence-corrected chi connectivity index (χ0v) is 12.0. The van der Waals surface area contributed by atoms with E-state index >= 15 is 0 Å². The minimum atomic E-state index is -0.185. The van der Waals surface area contributed by atoms with Gasteiger partial charge in [-0.1, -0.05) is 6.92 Å². The summed E-state index contributed by atoms with van der Waals surface area (Å²) >= 11 is 1.37. The topological polar surface area (TPSA) is 85.8 Å². The first kappa shape index (κ1) is 13.7. The number of nitrogens with zero attached hydrogens (tertiary/aromatic N) is 3. The van der Waals surface area contributed by atoms with Gasteiger partial charge in [-0.15, -0.1) is 11.3 Å². The number of rotatable bonds is 4. The molecule has 0 saturated heterocycles. The van der Waals surface area contributed by atoms with Crippen LogP contribution in [0, 0.1) is 0 Å². The summed E-state index contributed by atoms with van der Waals surface area (Å²) < 4.78 is 1.64. The molecule has 2 aromatic rings. The number of amides is 1. The van der Waals surface area contributed by atoms with Gasteiger partial charge in [0.05, 0.1) is 17.0 Å². The van der Waals surface area contributed by atoms with Crippen LogP contribution in [0.4, 0.5) is 5.13 Å². The Balaban J connectivity index is 2.15. The number of carbonyl (C=O) groups is 1. The van der Waals surface area contributed by atoms with Crippen LogP contribution < -0.4 is 11.1 Å². The highest BCUT2D eigenvalue weighted by Crippen LogP contribution is 2.20. The number of anilines is 1. The fraction of sp³-hybridized carbons (Fsp3) is 0.417. The number of hydrogen-bond acceptors (Lipinski definition) is 5. The van der Waals surface area contributed by atoms with Crippen molar-refractivity contribution >= 4 is 22.4 Å². The van der Waals surface area contributed by atoms with Crippen molar-refractivity contribution in [3.05, 3.63) is 28.5 Å². The Hall–Kier alpha value is -1.73. The van der Waals surface area contributed by atoms with Crippen LogP contribution in [0.15, 0.2) is 11.6 Å². The first-order valence-corrected chi connectivity index (χ1v) is 6.94. The van der Waals surface area contributed by atoms with Crippen molar-refractivity contribution in [2.45, 2.75) is 26.3 Å². The van der Waals surface area contributed by atoms with E-state index in [1.54, 1.807) is 17.9 Å². The monoisotopic (exact) mass is 279 g/mol. The van der Waals surface area contributed by atoms with Crippen molar-refractivity contribution in [3.63, 3.8) is 0 Å². The Kier molecular flexibility index (Phi) is 3.96. The molecule has 0 aliphatic carbocycles. The summed E-state index contributed by atoms with van der Waals surface area (Å²) in [6, 6.07) is -0.133. The lowest BCUT2D eigenvalue weighted by Gasteiger charge is -2.01. The van der Waals surface area contributed by atoms with Crippen LogP contribution in [0.1, 0.15) is 41.6 Å². The molecule has 2 rings (SSSR count). The first-order chi connectivity index (χ1) is 9.01. The molecule has 0 saturated carbocycles. The Bertz CT molecular complexity index is 587. The molecule has 6 nitrogen and oxygen atoms in total. The van der Waals surface area contributed by atoms with Gasteiger partial charge in [0.25, 0.3) is 5.91 Å². The molecule has 1 atom stereocenters. The van der Waals surface area contributed by atoms with Gasteiger partial charge in [-0.05, 0) is 13.3 Å². The van der Waals surface area contributed by atoms with E-state index < -0.39 is 0 Å². The second-order valence-electron chi connectivity index (χ2n) is 4.34. The van der Waals surface area contributed by atoms with Gasteiger partial charge >= 0.3 is 0 Å². The second-order valence-corrected chi connectivity index (χ2v) is 5.20. The molecule has 0 spiro atoms. The maximum atomic E-state index is 12.2. The SMILES string of the molecule is CCc1nn(C)cc1C(=O)Nc1nc(C(C)N)cs1. The van der Waals surface area contributed by atoms with Gasteiger partial charge in [0.2, 0.25) is 0 Å². The molecule has 2 heterocycles. The Labute approximate surface area is 115 Å². The van der Waals surface area contributed by atoms with Gasteiger partial charge < -0.3 is 5.73 Å². The molecule has 102 valence electrons. The van der Waals surface area contributed by atoms with E-state index in [9.17, 15) is 4.79 Å². The molecular formula is C12H17N5OS. The lowest BCUT2D eigenvalue weighted by molar-refractivity contribution is 0.102. The summed E-state index contributed by atoms with van der Waals surface area (Å²) in [5, 5.41) is 9.44. The molecule has 0 radical (unpaired) electrons. The van der Waals surface area contributed by atoms with Crippen molar-refractivity contribution in [1.82, 2.24) is 14.8 Å². The lowest BCUT2D eigenvalue weighted by atomic mass is 10.2. The third kappa shape index (κ3) is 2.99. The first-order valence-electron chi connectivity index (χ1n) is 6.06. The van der Waals surface area contributed by atoms with Gasteiger partial charge in [-0.25, -0.2) is 4.98 Å². The predicted octanol–water partition coefficient (Wildman–Crippen LogP) is 1.71. The normalized spacial score (nSPS) is 12.4. The maximum Gasteiger partial charge on any atom is 0.260 e. The maximum absolute atomic E-state index is 12.2. The van der Waals surface area contributed by atoms with Crippen LogP contribution in [-0.4, -0.2) is 20.7 Å². The largest absolute Gasteiger partial charge is 0.323 e. The van der Waals surface area contributed by atoms with Crippen LogP contribution >= 0.6 is 11.3 Å². The lowest BCUT2D eigenvalue weighted by Crippen LogP contribution is -2.13. The highest BCUT2D eigenvalue weighted by atomic mass is 32.1. The van der Waals surface area contributed by atoms with E-state index in [1.807, 2.05) is 19.2 Å². The van der Waals surface area contributed by atoms with E-state index in [4.69, 9.17) is 5.73 Å². The molecule has 2 aromatic heterocycles. The molecule has 19 heavy (non-hydrogen) atoms. The van der Waals surface area contributed by atoms with Crippen LogP contribution in [0.25, 0.3) is 0 Å². The standard InChI is InChI=1S/C12H17N5OS/c1-4-9-8(5-17(3)16-9)11(18)15-12-14-10(6-19-12)7(2)13/h5-7H,4,13H2,1-3H3,(H,14,15,18). The minimum absolute atomic E-state index is 0.133. The molecule has 0 aliphatic rings. The fourth-order valence-electron chi connectivity index (χ4n) is 1.70. The molecule has 3 N–H and O–H groups in total. The highest BCUT2D eigenvalue weighted by molar-refractivity contribution is 7.14. The summed E-state index contributed by atoms with van der Waals surface area (Å²) in [4.78, 5) is 16.4. The fourth-order valence-corrected chi connectivity index (χ4v) is 2.51. The summed E-state index contributed by atoms with van der Waals surface area (Å²) in [7, 11) is 1.80. The molecule has 0 aliphatic heterocycles. The average Bonchev–Trinajstić information content (AvgIpc) is 2.95. The van der Waals surface area contributed by atoms with Crippen LogP contribution in [0.2, 0.25) is 0 Å². The van der Waals surface area contributed by atoms with Crippen molar-refractivity contribution in [2.75, 3.05) is 5.32 Å². The van der Waals surface area contributed by atoms with E-state index in [0.717, 1.165) is 11.4 Å². The smallest absolute Gasteiger partial charge is 0.260 e. The zero-order chi connectivity index (χ0) is 14.0. The molecule has 0 bridgehead atoms. The van der Waals surface area contributed by atoms with E-state index in [1.165, 1.54) is 11.3 Å². The Morgan fingerprint density at radius 3 is 2.95 bits per heavy atom. The minimum Gasteiger partial charge on any atom is -0.323 e. The second kappa shape index (κ2) is 5.50. The number of hydrogen-bond donors (Lipinski definition) is 2. The van der Waals surface area contributed by atoms with Crippen LogP contribution in [-0.2, 0) is 13.5 Å². The van der Waals surface area contributed by atoms with Crippen molar-refractivity contribution in [1.29, 1.82) is 0 Å². The third-order valence-electron chi connectivity index (χ3n) is 2.69. The molecule has 0 fully saturated rings. The average molecular weight is 279 g/mol. The number of nitrogens with two attached hydrogens (primary N) is 1. The van der Waals surface area contributed by atoms with Gasteiger partial charge in [0, 0.05) is 24.7 Å². The highest BCUT2D eigenvalue weighted by Gasteiger charge is 2.16. The van der Waals surface area contributed by atoms with Crippen molar-refractivity contribution in [3.8, 4) is 0 Å². The van der Waals surface area contributed by atoms with Gasteiger partial charge in [-0.3, -0.25) is 14.8 Å². The summed E-state index contributed by atoms with van der Waals surface area (Å²) in [6.45, 7) is 3.83. The third-order valence-corrected chi connectivity index (χ3v) is 3.47. The number of thiazole rings is 1. The van der Waals surface area contributed by atoms with Crippen LogP contribution in [0.5, 0.6) is 0 Å². The van der Waals surface area contributed by atoms with Crippen molar-refractivity contribution < 1.29 is 4.79 Å². The van der Waals surface area contributed by atoms with E-state index in [2.05, 4.69) is 15.4 Å². The Morgan fingerprint density at radius 2 is 2.37 bits per heavy atom. The summed E-state index contributed by atoms with van der Waals surface area (Å²) in [5.74, 6) is -0.185. The van der Waals surface area contributed by atoms with Crippen LogP contribution in [0.3, 0.4) is 0 Å². The number of carbonyl (C=O) groups excluding carboxylic acids is 1. The van der Waals surface area contributed by atoms with E-state index in [0.29, 0.717) is 17.1 Å². The summed E-state index contributed by atoms with van der Waals surface area (Å²) in [6.07, 6.45) is 2.43. The zero-order valence-electron chi connectivity index (χ0n) is 11.2. The number of aromatic nitrogens is 3. The molecular weight excluding hydrogens is 262 g/mol. The molecule has 7 heteroatoms. The predicted molar refractivity (Wildman–Crippen MR) is 75.3 cm³/mol.